The van der Waals surface area contributed by atoms with Gasteiger partial charge in [-0.15, -0.1) is 5.10 Å². The van der Waals surface area contributed by atoms with Crippen molar-refractivity contribution >= 4 is 5.91 Å². The zero-order valence-corrected chi connectivity index (χ0v) is 16.7. The first-order chi connectivity index (χ1) is 13.7. The highest BCUT2D eigenvalue weighted by molar-refractivity contribution is 5.80. The Morgan fingerprint density at radius 1 is 1.07 bits per heavy atom. The molecule has 1 aromatic carbocycles. The van der Waals surface area contributed by atoms with Crippen LogP contribution in [0.25, 0.3) is 0 Å². The Balaban J connectivity index is 1.49. The predicted octanol–water partition coefficient (Wildman–Crippen LogP) is 2.24. The van der Waals surface area contributed by atoms with Crippen molar-refractivity contribution in [2.45, 2.75) is 57.5 Å². The van der Waals surface area contributed by atoms with Gasteiger partial charge in [-0.3, -0.25) is 9.69 Å². The minimum atomic E-state index is -0.393. The van der Waals surface area contributed by atoms with Crippen molar-refractivity contribution in [3.05, 3.63) is 41.7 Å². The van der Waals surface area contributed by atoms with E-state index in [1.54, 1.807) is 4.68 Å². The van der Waals surface area contributed by atoms with Crippen LogP contribution < -0.4 is 0 Å². The van der Waals surface area contributed by atoms with E-state index in [9.17, 15) is 4.79 Å². The van der Waals surface area contributed by atoms with Crippen LogP contribution in [0.3, 0.4) is 0 Å². The number of carbonyl (C=O) groups excluding carboxylic acids is 1. The lowest BCUT2D eigenvalue weighted by Crippen LogP contribution is -2.42. The fraction of sp³-hybridized carbons (Fsp3) is 0.619. The molecule has 2 heterocycles. The molecule has 0 bridgehead atoms. The highest BCUT2D eigenvalue weighted by Gasteiger charge is 2.31. The maximum Gasteiger partial charge on any atom is 0.247 e. The molecule has 0 radical (unpaired) electrons. The number of tetrazole rings is 1. The molecule has 28 heavy (non-hydrogen) atoms. The van der Waals surface area contributed by atoms with E-state index in [-0.39, 0.29) is 5.91 Å². The Hall–Kier alpha value is -2.28. The normalized spacial score (nSPS) is 20.2. The van der Waals surface area contributed by atoms with Gasteiger partial charge >= 0.3 is 0 Å². The number of nitrogens with zero attached hydrogens (tertiary/aromatic N) is 6. The minimum Gasteiger partial charge on any atom is -0.339 e. The van der Waals surface area contributed by atoms with E-state index in [0.29, 0.717) is 12.2 Å². The predicted molar refractivity (Wildman–Crippen MR) is 107 cm³/mol. The topological polar surface area (TPSA) is 67.2 Å². The number of carbonyl (C=O) groups is 1. The molecule has 1 atom stereocenters. The van der Waals surface area contributed by atoms with Crippen LogP contribution in [0.4, 0.5) is 0 Å². The molecule has 0 spiro atoms. The molecule has 1 aliphatic carbocycles. The number of hydrogen-bond donors (Lipinski definition) is 0. The quantitative estimate of drug-likeness (QED) is 0.793. The van der Waals surface area contributed by atoms with Gasteiger partial charge in [0, 0.05) is 38.6 Å². The lowest BCUT2D eigenvalue weighted by molar-refractivity contribution is -0.135. The fourth-order valence-electron chi connectivity index (χ4n) is 4.65. The molecule has 1 aromatic heterocycles. The van der Waals surface area contributed by atoms with Gasteiger partial charge in [0.1, 0.15) is 11.9 Å². The molecule has 1 saturated carbocycles. The average Bonchev–Trinajstić information content (AvgIpc) is 3.33. The van der Waals surface area contributed by atoms with Crippen LogP contribution in [0.5, 0.6) is 0 Å². The van der Waals surface area contributed by atoms with Crippen LogP contribution in [0.2, 0.25) is 0 Å². The van der Waals surface area contributed by atoms with E-state index in [4.69, 9.17) is 0 Å². The van der Waals surface area contributed by atoms with Gasteiger partial charge in [-0.25, -0.2) is 4.68 Å². The van der Waals surface area contributed by atoms with Crippen LogP contribution in [0.15, 0.2) is 30.3 Å². The highest BCUT2D eigenvalue weighted by atomic mass is 16.2. The molecule has 2 aromatic rings. The zero-order valence-electron chi connectivity index (χ0n) is 16.7. The van der Waals surface area contributed by atoms with E-state index in [1.807, 2.05) is 30.0 Å². The van der Waals surface area contributed by atoms with Gasteiger partial charge in [-0.1, -0.05) is 43.2 Å². The second-order valence-electron chi connectivity index (χ2n) is 8.03. The van der Waals surface area contributed by atoms with Crippen molar-refractivity contribution in [3.63, 3.8) is 0 Å². The van der Waals surface area contributed by atoms with Crippen LogP contribution in [-0.4, -0.2) is 68.1 Å². The highest BCUT2D eigenvalue weighted by Crippen LogP contribution is 2.25. The molecule has 150 valence electrons. The number of rotatable bonds is 5. The Kier molecular flexibility index (Phi) is 6.00. The summed E-state index contributed by atoms with van der Waals surface area (Å²) in [5.74, 6) is 0.809. The zero-order chi connectivity index (χ0) is 19.3. The summed E-state index contributed by atoms with van der Waals surface area (Å²) in [4.78, 5) is 18.2. The van der Waals surface area contributed by atoms with Crippen molar-refractivity contribution in [1.82, 2.24) is 30.0 Å². The lowest BCUT2D eigenvalue weighted by atomic mass is 10.0. The Labute approximate surface area is 166 Å². The Morgan fingerprint density at radius 2 is 1.86 bits per heavy atom. The third-order valence-corrected chi connectivity index (χ3v) is 6.19. The second-order valence-corrected chi connectivity index (χ2v) is 8.03. The number of hydrogen-bond acceptors (Lipinski definition) is 5. The summed E-state index contributed by atoms with van der Waals surface area (Å²) in [6.07, 6.45) is 6.97. The van der Waals surface area contributed by atoms with Crippen LogP contribution in [0, 0.1) is 6.92 Å². The average molecular weight is 383 g/mol. The maximum atomic E-state index is 13.5. The molecular formula is C21H30N6O. The summed E-state index contributed by atoms with van der Waals surface area (Å²) >= 11 is 0. The summed E-state index contributed by atoms with van der Waals surface area (Å²) in [6.45, 7) is 5.54. The van der Waals surface area contributed by atoms with E-state index in [1.165, 1.54) is 25.7 Å². The first-order valence-electron chi connectivity index (χ1n) is 10.5. The molecule has 1 unspecified atom stereocenters. The first-order valence-corrected chi connectivity index (χ1v) is 10.5. The summed E-state index contributed by atoms with van der Waals surface area (Å²) in [6, 6.07) is 10.5. The van der Waals surface area contributed by atoms with Crippen LogP contribution >= 0.6 is 0 Å². The monoisotopic (exact) mass is 382 g/mol. The number of aryl methyl sites for hydroxylation is 1. The maximum absolute atomic E-state index is 13.5. The number of aromatic nitrogens is 4. The molecule has 0 N–H and O–H groups in total. The van der Waals surface area contributed by atoms with Crippen molar-refractivity contribution < 1.29 is 4.79 Å². The minimum absolute atomic E-state index is 0.132. The Morgan fingerprint density at radius 3 is 2.57 bits per heavy atom. The van der Waals surface area contributed by atoms with Crippen molar-refractivity contribution in [1.29, 1.82) is 0 Å². The van der Waals surface area contributed by atoms with Gasteiger partial charge in [-0.05, 0) is 42.2 Å². The molecule has 7 heteroatoms. The van der Waals surface area contributed by atoms with Gasteiger partial charge in [-0.2, -0.15) is 0 Å². The number of amides is 1. The first kappa shape index (κ1) is 19.1. The third kappa shape index (κ3) is 4.24. The molecule has 4 rings (SSSR count). The van der Waals surface area contributed by atoms with E-state index in [0.717, 1.165) is 44.2 Å². The van der Waals surface area contributed by atoms with Gasteiger partial charge in [0.25, 0.3) is 0 Å². The summed E-state index contributed by atoms with van der Waals surface area (Å²) in [5.41, 5.74) is 1.12. The second kappa shape index (κ2) is 8.82. The summed E-state index contributed by atoms with van der Waals surface area (Å²) < 4.78 is 1.69. The summed E-state index contributed by atoms with van der Waals surface area (Å²) in [5, 5.41) is 11.9. The van der Waals surface area contributed by atoms with Gasteiger partial charge in [0.15, 0.2) is 0 Å². The standard InChI is InChI=1S/C21H30N6O/c1-17-22-23-24-27(17)20(16-18-8-3-2-4-9-18)21(28)26-13-7-12-25(14-15-26)19-10-5-6-11-19/h2-4,8-9,19-20H,5-7,10-16H2,1H3. The Bertz CT molecular complexity index is 770. The summed E-state index contributed by atoms with van der Waals surface area (Å²) in [7, 11) is 0. The molecule has 7 nitrogen and oxygen atoms in total. The van der Waals surface area contributed by atoms with Gasteiger partial charge in [0.2, 0.25) is 5.91 Å². The van der Waals surface area contributed by atoms with Crippen molar-refractivity contribution in [2.75, 3.05) is 26.2 Å². The molecule has 2 aliphatic rings. The molecule has 1 saturated heterocycles. The molecule has 2 fully saturated rings. The van der Waals surface area contributed by atoms with Gasteiger partial charge in [0.05, 0.1) is 0 Å². The van der Waals surface area contributed by atoms with Crippen molar-refractivity contribution in [2.24, 2.45) is 0 Å². The van der Waals surface area contributed by atoms with Crippen LogP contribution in [-0.2, 0) is 11.2 Å². The molecule has 1 amide bonds. The van der Waals surface area contributed by atoms with E-state index >= 15 is 0 Å². The lowest BCUT2D eigenvalue weighted by Gasteiger charge is -2.28. The van der Waals surface area contributed by atoms with Crippen molar-refractivity contribution in [3.8, 4) is 0 Å². The smallest absolute Gasteiger partial charge is 0.247 e. The van der Waals surface area contributed by atoms with Gasteiger partial charge < -0.3 is 4.90 Å². The SMILES string of the molecule is Cc1nnnn1C(Cc1ccccc1)C(=O)N1CCCN(C2CCCC2)CC1. The molecular weight excluding hydrogens is 352 g/mol. The fourth-order valence-corrected chi connectivity index (χ4v) is 4.65. The van der Waals surface area contributed by atoms with E-state index in [2.05, 4.69) is 32.6 Å². The largest absolute Gasteiger partial charge is 0.339 e. The van der Waals surface area contributed by atoms with Crippen LogP contribution in [0.1, 0.15) is 49.5 Å². The third-order valence-electron chi connectivity index (χ3n) is 6.19. The molecule has 1 aliphatic heterocycles. The van der Waals surface area contributed by atoms with E-state index < -0.39 is 6.04 Å². The number of benzene rings is 1.